The van der Waals surface area contributed by atoms with Gasteiger partial charge in [0.15, 0.2) is 11.5 Å². The monoisotopic (exact) mass is 358 g/mol. The number of allylic oxidation sites excluding steroid dienone is 3. The fraction of sp³-hybridized carbons (Fsp3) is 0.565. The predicted molar refractivity (Wildman–Crippen MR) is 109 cm³/mol. The van der Waals surface area contributed by atoms with Gasteiger partial charge in [-0.25, -0.2) is 0 Å². The van der Waals surface area contributed by atoms with Gasteiger partial charge in [0.1, 0.15) is 5.75 Å². The van der Waals surface area contributed by atoms with Gasteiger partial charge in [0.05, 0.1) is 21.3 Å². The molecular weight excluding hydrogens is 324 g/mol. The number of ether oxygens (including phenoxy) is 3. The van der Waals surface area contributed by atoms with E-state index in [2.05, 4.69) is 39.5 Å². The summed E-state index contributed by atoms with van der Waals surface area (Å²) in [6.07, 6.45) is 7.70. The van der Waals surface area contributed by atoms with E-state index in [0.717, 1.165) is 41.2 Å². The summed E-state index contributed by atoms with van der Waals surface area (Å²) in [6, 6.07) is 0. The second-order valence-corrected chi connectivity index (χ2v) is 7.60. The third kappa shape index (κ3) is 3.77. The van der Waals surface area contributed by atoms with Gasteiger partial charge >= 0.3 is 0 Å². The first-order valence-electron chi connectivity index (χ1n) is 9.51. The highest BCUT2D eigenvalue weighted by molar-refractivity contribution is 5.65. The van der Waals surface area contributed by atoms with Crippen molar-refractivity contribution in [1.29, 1.82) is 0 Å². The molecule has 26 heavy (non-hydrogen) atoms. The van der Waals surface area contributed by atoms with Crippen LogP contribution in [0.5, 0.6) is 17.2 Å². The smallest absolute Gasteiger partial charge is 0.167 e. The molecule has 0 radical (unpaired) electrons. The Labute approximate surface area is 159 Å². The van der Waals surface area contributed by atoms with Crippen molar-refractivity contribution < 1.29 is 14.2 Å². The largest absolute Gasteiger partial charge is 0.496 e. The highest BCUT2D eigenvalue weighted by Gasteiger charge is 2.36. The highest BCUT2D eigenvalue weighted by atomic mass is 16.5. The van der Waals surface area contributed by atoms with Crippen LogP contribution in [-0.4, -0.2) is 21.3 Å². The van der Waals surface area contributed by atoms with Gasteiger partial charge in [0.2, 0.25) is 0 Å². The van der Waals surface area contributed by atoms with Crippen LogP contribution in [0.1, 0.15) is 68.6 Å². The molecule has 0 amide bonds. The maximum atomic E-state index is 5.89. The Balaban J connectivity index is 2.59. The van der Waals surface area contributed by atoms with E-state index in [4.69, 9.17) is 14.2 Å². The zero-order valence-electron chi connectivity index (χ0n) is 17.4. The van der Waals surface area contributed by atoms with E-state index in [9.17, 15) is 0 Å². The van der Waals surface area contributed by atoms with E-state index in [1.165, 1.54) is 17.5 Å². The van der Waals surface area contributed by atoms with Gasteiger partial charge in [-0.3, -0.25) is 0 Å². The number of fused-ring (bicyclic) bond motifs is 1. The average molecular weight is 359 g/mol. The van der Waals surface area contributed by atoms with Crippen molar-refractivity contribution in [3.05, 3.63) is 41.0 Å². The van der Waals surface area contributed by atoms with Crippen molar-refractivity contribution in [2.24, 2.45) is 5.92 Å². The minimum Gasteiger partial charge on any atom is -0.496 e. The Morgan fingerprint density at radius 3 is 2.23 bits per heavy atom. The summed E-state index contributed by atoms with van der Waals surface area (Å²) < 4.78 is 17.4. The lowest BCUT2D eigenvalue weighted by atomic mass is 9.70. The van der Waals surface area contributed by atoms with Crippen molar-refractivity contribution in [2.45, 2.75) is 58.8 Å². The Morgan fingerprint density at radius 1 is 1.08 bits per heavy atom. The van der Waals surface area contributed by atoms with Crippen LogP contribution in [0.25, 0.3) is 0 Å². The summed E-state index contributed by atoms with van der Waals surface area (Å²) in [4.78, 5) is 0. The molecule has 1 aliphatic carbocycles. The fourth-order valence-electron chi connectivity index (χ4n) is 4.35. The summed E-state index contributed by atoms with van der Waals surface area (Å²) >= 11 is 0. The van der Waals surface area contributed by atoms with E-state index in [1.807, 2.05) is 6.92 Å². The topological polar surface area (TPSA) is 27.7 Å². The molecule has 0 saturated carbocycles. The predicted octanol–water partition coefficient (Wildman–Crippen LogP) is 6.16. The summed E-state index contributed by atoms with van der Waals surface area (Å²) in [5.74, 6) is 4.03. The van der Waals surface area contributed by atoms with Gasteiger partial charge in [-0.2, -0.15) is 0 Å². The molecule has 0 unspecified atom stereocenters. The lowest BCUT2D eigenvalue weighted by Gasteiger charge is -2.36. The number of methoxy groups -OCH3 is 3. The molecular formula is C23H34O3. The highest BCUT2D eigenvalue weighted by Crippen LogP contribution is 2.55. The molecule has 0 fully saturated rings. The quantitative estimate of drug-likeness (QED) is 0.546. The SMILES string of the molecule is C=C(C)/C=C/C[C@H](C)[C@@H]1CC[C@H](C)c2c(OC)c(OC)c(C)c(OC)c21. The van der Waals surface area contributed by atoms with Crippen LogP contribution in [0, 0.1) is 12.8 Å². The van der Waals surface area contributed by atoms with Crippen molar-refractivity contribution in [3.8, 4) is 17.2 Å². The lowest BCUT2D eigenvalue weighted by molar-refractivity contribution is 0.317. The zero-order valence-corrected chi connectivity index (χ0v) is 17.4. The van der Waals surface area contributed by atoms with Gasteiger partial charge in [-0.15, -0.1) is 0 Å². The van der Waals surface area contributed by atoms with Crippen molar-refractivity contribution >= 4 is 0 Å². The van der Waals surface area contributed by atoms with Crippen LogP contribution < -0.4 is 14.2 Å². The van der Waals surface area contributed by atoms with Crippen LogP contribution in [-0.2, 0) is 0 Å². The molecule has 0 aliphatic heterocycles. The molecule has 0 heterocycles. The first-order chi connectivity index (χ1) is 12.4. The van der Waals surface area contributed by atoms with Gasteiger partial charge < -0.3 is 14.2 Å². The van der Waals surface area contributed by atoms with E-state index in [-0.39, 0.29) is 0 Å². The average Bonchev–Trinajstić information content (AvgIpc) is 2.60. The minimum atomic E-state index is 0.428. The summed E-state index contributed by atoms with van der Waals surface area (Å²) in [7, 11) is 5.20. The van der Waals surface area contributed by atoms with Crippen molar-refractivity contribution in [3.63, 3.8) is 0 Å². The fourth-order valence-corrected chi connectivity index (χ4v) is 4.35. The van der Waals surface area contributed by atoms with E-state index < -0.39 is 0 Å². The summed E-state index contributed by atoms with van der Waals surface area (Å²) in [6.45, 7) is 12.6. The number of benzene rings is 1. The molecule has 1 aromatic rings. The van der Waals surface area contributed by atoms with Gasteiger partial charge in [-0.1, -0.05) is 38.2 Å². The molecule has 0 aromatic heterocycles. The maximum absolute atomic E-state index is 5.89. The molecule has 1 aromatic carbocycles. The first-order valence-corrected chi connectivity index (χ1v) is 9.51. The second kappa shape index (κ2) is 8.66. The van der Waals surface area contributed by atoms with Crippen molar-refractivity contribution in [2.75, 3.05) is 21.3 Å². The van der Waals surface area contributed by atoms with Crippen LogP contribution in [0.2, 0.25) is 0 Å². The number of rotatable bonds is 7. The Hall–Kier alpha value is -1.90. The summed E-state index contributed by atoms with van der Waals surface area (Å²) in [5.41, 5.74) is 4.69. The Morgan fingerprint density at radius 2 is 1.69 bits per heavy atom. The molecule has 3 atom stereocenters. The van der Waals surface area contributed by atoms with Gasteiger partial charge in [0, 0.05) is 16.7 Å². The van der Waals surface area contributed by atoms with E-state index >= 15 is 0 Å². The third-order valence-electron chi connectivity index (χ3n) is 5.65. The van der Waals surface area contributed by atoms with Gasteiger partial charge in [0.25, 0.3) is 0 Å². The number of hydrogen-bond donors (Lipinski definition) is 0. The molecule has 0 spiro atoms. The Kier molecular flexibility index (Phi) is 6.80. The molecule has 0 bridgehead atoms. The Bertz CT molecular complexity index is 687. The standard InChI is InChI=1S/C23H34O3/c1-14(2)10-9-11-15(3)18-13-12-16(4)19-20(18)21(24-6)17(5)22(25-7)23(19)26-8/h9-10,15-16,18H,1,11-13H2,2-8H3/b10-9+/t15-,16-,18-/m0/s1. The van der Waals surface area contributed by atoms with Crippen LogP contribution >= 0.6 is 0 Å². The van der Waals surface area contributed by atoms with Gasteiger partial charge in [-0.05, 0) is 50.9 Å². The van der Waals surface area contributed by atoms with Crippen LogP contribution in [0.4, 0.5) is 0 Å². The first kappa shape index (κ1) is 20.4. The molecule has 0 saturated heterocycles. The number of hydrogen-bond acceptors (Lipinski definition) is 3. The summed E-state index contributed by atoms with van der Waals surface area (Å²) in [5, 5.41) is 0. The molecule has 3 nitrogen and oxygen atoms in total. The maximum Gasteiger partial charge on any atom is 0.167 e. The third-order valence-corrected chi connectivity index (χ3v) is 5.65. The van der Waals surface area contributed by atoms with E-state index in [1.54, 1.807) is 21.3 Å². The molecule has 3 heteroatoms. The van der Waals surface area contributed by atoms with Crippen molar-refractivity contribution in [1.82, 2.24) is 0 Å². The van der Waals surface area contributed by atoms with Crippen LogP contribution in [0.15, 0.2) is 24.3 Å². The molecule has 1 aliphatic rings. The molecule has 2 rings (SSSR count). The molecule has 144 valence electrons. The second-order valence-electron chi connectivity index (χ2n) is 7.60. The normalized spacial score (nSPS) is 20.6. The zero-order chi connectivity index (χ0) is 19.4. The van der Waals surface area contributed by atoms with Crippen LogP contribution in [0.3, 0.4) is 0 Å². The van der Waals surface area contributed by atoms with E-state index in [0.29, 0.717) is 17.8 Å². The lowest BCUT2D eigenvalue weighted by Crippen LogP contribution is -2.21. The minimum absolute atomic E-state index is 0.428. The molecule has 0 N–H and O–H groups in total.